The molecule has 0 aliphatic carbocycles. The van der Waals surface area contributed by atoms with Crippen molar-refractivity contribution in [2.24, 2.45) is 0 Å². The van der Waals surface area contributed by atoms with E-state index in [1.165, 1.54) is 13.3 Å². The van der Waals surface area contributed by atoms with E-state index in [-0.39, 0.29) is 6.54 Å². The number of esters is 1. The Morgan fingerprint density at radius 3 is 2.73 bits per heavy atom. The fourth-order valence-corrected chi connectivity index (χ4v) is 0.368. The molecule has 62 valence electrons. The molecule has 2 N–H and O–H groups in total. The van der Waals surface area contributed by atoms with Gasteiger partial charge in [0.1, 0.15) is 6.54 Å². The molecule has 0 radical (unpaired) electrons. The third-order valence-corrected chi connectivity index (χ3v) is 0.854. The fourth-order valence-electron chi connectivity index (χ4n) is 0.368. The van der Waals surface area contributed by atoms with Gasteiger partial charge in [-0.2, -0.15) is 0 Å². The minimum atomic E-state index is -0.496. The molecule has 0 unspecified atom stereocenters. The van der Waals surface area contributed by atoms with Crippen molar-refractivity contribution in [1.29, 1.82) is 0 Å². The molecule has 0 heterocycles. The minimum Gasteiger partial charge on any atom is -0.468 e. The lowest BCUT2D eigenvalue weighted by molar-refractivity contribution is -0.139. The van der Waals surface area contributed by atoms with Crippen LogP contribution in [0.1, 0.15) is 0 Å². The highest BCUT2D eigenvalue weighted by molar-refractivity contribution is 5.81. The number of carbonyl (C=O) groups excluding carboxylic acids is 2. The zero-order valence-corrected chi connectivity index (χ0v) is 6.22. The third-order valence-electron chi connectivity index (χ3n) is 0.854. The largest absolute Gasteiger partial charge is 0.468 e. The van der Waals surface area contributed by atoms with Gasteiger partial charge in [0.2, 0.25) is 0 Å². The van der Waals surface area contributed by atoms with Crippen molar-refractivity contribution in [3.63, 3.8) is 0 Å². The highest BCUT2D eigenvalue weighted by atomic mass is 16.5. The number of nitrogens with one attached hydrogen (secondary N) is 2. The summed E-state index contributed by atoms with van der Waals surface area (Å²) < 4.78 is 4.27. The van der Waals surface area contributed by atoms with Gasteiger partial charge in [0.15, 0.2) is 0 Å². The lowest BCUT2D eigenvalue weighted by atomic mass is 10.6. The topological polar surface area (TPSA) is 67.4 Å². The molecule has 0 bridgehead atoms. The van der Waals surface area contributed by atoms with Crippen molar-refractivity contribution < 1.29 is 14.3 Å². The molecule has 0 aliphatic rings. The molecule has 2 amide bonds. The normalized spacial score (nSPS) is 8.09. The maximum atomic E-state index is 10.6. The first-order valence-electron chi connectivity index (χ1n) is 2.92. The number of hydrogen-bond acceptors (Lipinski definition) is 3. The average molecular weight is 158 g/mol. The van der Waals surface area contributed by atoms with Crippen molar-refractivity contribution in [3.05, 3.63) is 12.8 Å². The summed E-state index contributed by atoms with van der Waals surface area (Å²) in [6.07, 6.45) is 1.21. The van der Waals surface area contributed by atoms with Crippen LogP contribution < -0.4 is 10.6 Å². The molecule has 0 saturated carbocycles. The quantitative estimate of drug-likeness (QED) is 0.549. The minimum absolute atomic E-state index is 0.143. The maximum Gasteiger partial charge on any atom is 0.325 e. The van der Waals surface area contributed by atoms with E-state index in [0.29, 0.717) is 0 Å². The van der Waals surface area contributed by atoms with E-state index in [1.807, 2.05) is 0 Å². The molecule has 0 aliphatic heterocycles. The lowest BCUT2D eigenvalue weighted by Gasteiger charge is -2.01. The van der Waals surface area contributed by atoms with Crippen LogP contribution in [-0.4, -0.2) is 25.7 Å². The zero-order chi connectivity index (χ0) is 8.69. The van der Waals surface area contributed by atoms with Gasteiger partial charge in [0.05, 0.1) is 7.11 Å². The predicted molar refractivity (Wildman–Crippen MR) is 38.7 cm³/mol. The van der Waals surface area contributed by atoms with E-state index in [0.717, 1.165) is 0 Å². The Morgan fingerprint density at radius 1 is 1.64 bits per heavy atom. The Hall–Kier alpha value is -1.52. The summed E-state index contributed by atoms with van der Waals surface area (Å²) >= 11 is 0. The first kappa shape index (κ1) is 9.48. The molecule has 11 heavy (non-hydrogen) atoms. The van der Waals surface area contributed by atoms with E-state index in [4.69, 9.17) is 0 Å². The average Bonchev–Trinajstić information content (AvgIpc) is 2.01. The Bertz CT molecular complexity index is 167. The second kappa shape index (κ2) is 5.28. The summed E-state index contributed by atoms with van der Waals surface area (Å²) in [5, 5.41) is 4.47. The molecule has 0 fully saturated rings. The monoisotopic (exact) mass is 158 g/mol. The van der Waals surface area contributed by atoms with Crippen molar-refractivity contribution in [2.75, 3.05) is 13.7 Å². The van der Waals surface area contributed by atoms with Crippen molar-refractivity contribution in [3.8, 4) is 0 Å². The standard InChI is InChI=1S/C6H10N2O3/c1-3-7-6(10)8-4-5(9)11-2/h3H,1,4H2,2H3,(H2,7,8,10). The number of ether oxygens (including phenoxy) is 1. The molecule has 0 saturated heterocycles. The number of methoxy groups -OCH3 is 1. The van der Waals surface area contributed by atoms with Crippen LogP contribution in [0.15, 0.2) is 12.8 Å². The highest BCUT2D eigenvalue weighted by Crippen LogP contribution is 1.70. The smallest absolute Gasteiger partial charge is 0.325 e. The summed E-state index contributed by atoms with van der Waals surface area (Å²) in [5.41, 5.74) is 0. The van der Waals surface area contributed by atoms with Gasteiger partial charge in [-0.3, -0.25) is 4.79 Å². The lowest BCUT2D eigenvalue weighted by Crippen LogP contribution is -2.36. The fraction of sp³-hybridized carbons (Fsp3) is 0.333. The maximum absolute atomic E-state index is 10.6. The Morgan fingerprint density at radius 2 is 2.27 bits per heavy atom. The molecule has 0 aromatic heterocycles. The highest BCUT2D eigenvalue weighted by Gasteiger charge is 2.01. The van der Waals surface area contributed by atoms with Gasteiger partial charge in [0, 0.05) is 0 Å². The van der Waals surface area contributed by atoms with E-state index >= 15 is 0 Å². The van der Waals surface area contributed by atoms with Crippen LogP contribution in [0.2, 0.25) is 0 Å². The molecule has 0 atom stereocenters. The second-order valence-corrected chi connectivity index (χ2v) is 1.61. The Kier molecular flexibility index (Phi) is 4.55. The second-order valence-electron chi connectivity index (χ2n) is 1.61. The summed E-state index contributed by atoms with van der Waals surface area (Å²) in [6.45, 7) is 3.12. The van der Waals surface area contributed by atoms with Gasteiger partial charge in [0.25, 0.3) is 0 Å². The Labute approximate surface area is 64.4 Å². The van der Waals surface area contributed by atoms with Crippen LogP contribution >= 0.6 is 0 Å². The van der Waals surface area contributed by atoms with Crippen molar-refractivity contribution in [1.82, 2.24) is 10.6 Å². The van der Waals surface area contributed by atoms with Gasteiger partial charge in [-0.05, 0) is 6.20 Å². The summed E-state index contributed by atoms with van der Waals surface area (Å²) in [4.78, 5) is 21.0. The van der Waals surface area contributed by atoms with E-state index in [2.05, 4.69) is 21.9 Å². The molecule has 0 rings (SSSR count). The number of urea groups is 1. The summed E-state index contributed by atoms with van der Waals surface area (Å²) in [6, 6.07) is -0.481. The summed E-state index contributed by atoms with van der Waals surface area (Å²) in [7, 11) is 1.25. The summed E-state index contributed by atoms with van der Waals surface area (Å²) in [5.74, 6) is -0.496. The van der Waals surface area contributed by atoms with E-state index in [1.54, 1.807) is 0 Å². The number of rotatable bonds is 3. The van der Waals surface area contributed by atoms with Gasteiger partial charge >= 0.3 is 12.0 Å². The Balaban J connectivity index is 3.45. The van der Waals surface area contributed by atoms with Crippen LogP contribution in [-0.2, 0) is 9.53 Å². The van der Waals surface area contributed by atoms with Gasteiger partial charge in [-0.1, -0.05) is 6.58 Å². The number of hydrogen-bond donors (Lipinski definition) is 2. The first-order valence-corrected chi connectivity index (χ1v) is 2.92. The molecule has 0 aromatic rings. The number of amides is 2. The van der Waals surface area contributed by atoms with Crippen LogP contribution in [0.3, 0.4) is 0 Å². The number of carbonyl (C=O) groups is 2. The third kappa shape index (κ3) is 4.95. The SMILES string of the molecule is C=CNC(=O)NCC(=O)OC. The molecular weight excluding hydrogens is 148 g/mol. The van der Waals surface area contributed by atoms with Crippen LogP contribution in [0.25, 0.3) is 0 Å². The van der Waals surface area contributed by atoms with E-state index in [9.17, 15) is 9.59 Å². The predicted octanol–water partition coefficient (Wildman–Crippen LogP) is -0.398. The van der Waals surface area contributed by atoms with Gasteiger partial charge < -0.3 is 15.4 Å². The molecule has 5 nitrogen and oxygen atoms in total. The first-order chi connectivity index (χ1) is 5.20. The van der Waals surface area contributed by atoms with Gasteiger partial charge in [-0.25, -0.2) is 4.79 Å². The molecule has 5 heteroatoms. The van der Waals surface area contributed by atoms with Crippen LogP contribution in [0, 0.1) is 0 Å². The van der Waals surface area contributed by atoms with E-state index < -0.39 is 12.0 Å². The van der Waals surface area contributed by atoms with Gasteiger partial charge in [-0.15, -0.1) is 0 Å². The van der Waals surface area contributed by atoms with Crippen molar-refractivity contribution >= 4 is 12.0 Å². The van der Waals surface area contributed by atoms with Crippen molar-refractivity contribution in [2.45, 2.75) is 0 Å². The van der Waals surface area contributed by atoms with Crippen LogP contribution in [0.5, 0.6) is 0 Å². The zero-order valence-electron chi connectivity index (χ0n) is 6.22. The molecule has 0 spiro atoms. The van der Waals surface area contributed by atoms with Crippen LogP contribution in [0.4, 0.5) is 4.79 Å². The molecule has 0 aromatic carbocycles. The molecular formula is C6H10N2O3.